The van der Waals surface area contributed by atoms with Gasteiger partial charge >= 0.3 is 0 Å². The molecule has 1 aromatic carbocycles. The zero-order valence-corrected chi connectivity index (χ0v) is 15.9. The number of hydrogen-bond acceptors (Lipinski definition) is 5. The van der Waals surface area contributed by atoms with Gasteiger partial charge in [-0.3, -0.25) is 14.6 Å². The molecule has 0 unspecified atom stereocenters. The number of benzene rings is 1. The summed E-state index contributed by atoms with van der Waals surface area (Å²) in [6.07, 6.45) is 3.04. The van der Waals surface area contributed by atoms with Crippen LogP contribution in [-0.2, 0) is 21.1 Å². The second kappa shape index (κ2) is 7.87. The van der Waals surface area contributed by atoms with Gasteiger partial charge in [0.15, 0.2) is 9.84 Å². The van der Waals surface area contributed by atoms with Gasteiger partial charge in [-0.25, -0.2) is 8.42 Å². The van der Waals surface area contributed by atoms with Crippen LogP contribution in [-0.4, -0.2) is 67.5 Å². The fourth-order valence-corrected chi connectivity index (χ4v) is 3.59. The van der Waals surface area contributed by atoms with E-state index in [1.807, 2.05) is 12.1 Å². The van der Waals surface area contributed by atoms with Crippen molar-refractivity contribution in [3.05, 3.63) is 59.9 Å². The average Bonchev–Trinajstić information content (AvgIpc) is 2.68. The van der Waals surface area contributed by atoms with Gasteiger partial charge in [-0.15, -0.1) is 0 Å². The Morgan fingerprint density at radius 1 is 0.963 bits per heavy atom. The lowest BCUT2D eigenvalue weighted by atomic mass is 10.1. The van der Waals surface area contributed by atoms with Crippen molar-refractivity contribution in [2.45, 2.75) is 11.3 Å². The molecule has 0 spiro atoms. The Morgan fingerprint density at radius 3 is 2.15 bits per heavy atom. The van der Waals surface area contributed by atoms with E-state index < -0.39 is 9.84 Å². The molecule has 0 bridgehead atoms. The Labute approximate surface area is 158 Å². The standard InChI is InChI=1S/C19H21N3O4S/c1-27(25,26)17-7-5-15(6-8-17)19(24)22-12-10-21(11-13-22)18(23)14-16-4-2-3-9-20-16/h2-9H,10-14H2,1H3. The number of hydrogen-bond donors (Lipinski definition) is 0. The number of piperazine rings is 1. The van der Waals surface area contributed by atoms with Gasteiger partial charge in [-0.2, -0.15) is 0 Å². The van der Waals surface area contributed by atoms with E-state index >= 15 is 0 Å². The number of carbonyl (C=O) groups is 2. The maximum absolute atomic E-state index is 12.6. The molecule has 3 rings (SSSR count). The average molecular weight is 387 g/mol. The third-order valence-corrected chi connectivity index (χ3v) is 5.64. The van der Waals surface area contributed by atoms with Crippen LogP contribution in [0, 0.1) is 0 Å². The van der Waals surface area contributed by atoms with Crippen molar-refractivity contribution < 1.29 is 18.0 Å². The molecule has 1 aliphatic rings. The van der Waals surface area contributed by atoms with Crippen LogP contribution in [0.4, 0.5) is 0 Å². The highest BCUT2D eigenvalue weighted by molar-refractivity contribution is 7.90. The molecule has 1 aromatic heterocycles. The lowest BCUT2D eigenvalue weighted by Crippen LogP contribution is -2.51. The third-order valence-electron chi connectivity index (χ3n) is 4.51. The molecule has 0 atom stereocenters. The fraction of sp³-hybridized carbons (Fsp3) is 0.316. The summed E-state index contributed by atoms with van der Waals surface area (Å²) < 4.78 is 23.0. The molecular weight excluding hydrogens is 366 g/mol. The second-order valence-electron chi connectivity index (χ2n) is 6.47. The molecule has 1 aliphatic heterocycles. The van der Waals surface area contributed by atoms with Crippen LogP contribution in [0.3, 0.4) is 0 Å². The Bertz CT molecular complexity index is 919. The minimum absolute atomic E-state index is 0.00157. The summed E-state index contributed by atoms with van der Waals surface area (Å²) in [5.41, 5.74) is 1.17. The fourth-order valence-electron chi connectivity index (χ4n) is 2.96. The minimum Gasteiger partial charge on any atom is -0.339 e. The van der Waals surface area contributed by atoms with E-state index in [2.05, 4.69) is 4.98 Å². The maximum Gasteiger partial charge on any atom is 0.253 e. The van der Waals surface area contributed by atoms with E-state index in [1.54, 1.807) is 22.1 Å². The Balaban J connectivity index is 1.57. The lowest BCUT2D eigenvalue weighted by Gasteiger charge is -2.34. The van der Waals surface area contributed by atoms with Gasteiger partial charge in [0.05, 0.1) is 11.3 Å². The van der Waals surface area contributed by atoms with Crippen LogP contribution in [0.1, 0.15) is 16.1 Å². The van der Waals surface area contributed by atoms with E-state index in [0.29, 0.717) is 31.7 Å². The number of carbonyl (C=O) groups excluding carboxylic acids is 2. The molecule has 0 saturated carbocycles. The molecule has 27 heavy (non-hydrogen) atoms. The molecule has 2 heterocycles. The highest BCUT2D eigenvalue weighted by Crippen LogP contribution is 2.14. The molecule has 142 valence electrons. The van der Waals surface area contributed by atoms with Gasteiger partial charge in [-0.1, -0.05) is 6.07 Å². The van der Waals surface area contributed by atoms with Crippen LogP contribution in [0.25, 0.3) is 0 Å². The highest BCUT2D eigenvalue weighted by atomic mass is 32.2. The van der Waals surface area contributed by atoms with Crippen LogP contribution in [0.5, 0.6) is 0 Å². The quantitative estimate of drug-likeness (QED) is 0.781. The summed E-state index contributed by atoms with van der Waals surface area (Å²) in [5.74, 6) is -0.162. The van der Waals surface area contributed by atoms with Crippen molar-refractivity contribution >= 4 is 21.7 Å². The highest BCUT2D eigenvalue weighted by Gasteiger charge is 2.25. The van der Waals surface area contributed by atoms with Gasteiger partial charge in [0.25, 0.3) is 5.91 Å². The first kappa shape index (κ1) is 19.0. The zero-order chi connectivity index (χ0) is 19.4. The topological polar surface area (TPSA) is 87.7 Å². The molecule has 0 radical (unpaired) electrons. The second-order valence-corrected chi connectivity index (χ2v) is 8.48. The zero-order valence-electron chi connectivity index (χ0n) is 15.0. The molecule has 1 fully saturated rings. The van der Waals surface area contributed by atoms with E-state index in [1.165, 1.54) is 24.3 Å². The van der Waals surface area contributed by atoms with Gasteiger partial charge in [0, 0.05) is 49.9 Å². The van der Waals surface area contributed by atoms with Crippen LogP contribution >= 0.6 is 0 Å². The van der Waals surface area contributed by atoms with Gasteiger partial charge in [0.1, 0.15) is 0 Å². The predicted molar refractivity (Wildman–Crippen MR) is 100.0 cm³/mol. The largest absolute Gasteiger partial charge is 0.339 e. The first-order chi connectivity index (χ1) is 12.8. The van der Waals surface area contributed by atoms with Crippen molar-refractivity contribution in [3.63, 3.8) is 0 Å². The van der Waals surface area contributed by atoms with Crippen molar-refractivity contribution in [1.82, 2.24) is 14.8 Å². The smallest absolute Gasteiger partial charge is 0.253 e. The summed E-state index contributed by atoms with van der Waals surface area (Å²) in [6, 6.07) is 11.4. The van der Waals surface area contributed by atoms with E-state index in [-0.39, 0.29) is 23.1 Å². The van der Waals surface area contributed by atoms with Crippen LogP contribution in [0.15, 0.2) is 53.6 Å². The molecule has 0 N–H and O–H groups in total. The van der Waals surface area contributed by atoms with Crippen LogP contribution < -0.4 is 0 Å². The molecule has 2 amide bonds. The maximum atomic E-state index is 12.6. The predicted octanol–water partition coefficient (Wildman–Crippen LogP) is 1.01. The Kier molecular flexibility index (Phi) is 5.55. The lowest BCUT2D eigenvalue weighted by molar-refractivity contribution is -0.132. The van der Waals surface area contributed by atoms with Gasteiger partial charge in [-0.05, 0) is 36.4 Å². The van der Waals surface area contributed by atoms with Gasteiger partial charge in [0.2, 0.25) is 5.91 Å². The summed E-state index contributed by atoms with van der Waals surface area (Å²) >= 11 is 0. The summed E-state index contributed by atoms with van der Waals surface area (Å²) in [5, 5.41) is 0. The number of pyridine rings is 1. The number of sulfone groups is 1. The molecule has 0 aliphatic carbocycles. The first-order valence-electron chi connectivity index (χ1n) is 8.62. The van der Waals surface area contributed by atoms with Crippen molar-refractivity contribution in [1.29, 1.82) is 0 Å². The third kappa shape index (κ3) is 4.71. The molecule has 8 heteroatoms. The minimum atomic E-state index is -3.29. The van der Waals surface area contributed by atoms with Gasteiger partial charge < -0.3 is 9.80 Å². The summed E-state index contributed by atoms with van der Waals surface area (Å²) in [4.78, 5) is 32.7. The number of aromatic nitrogens is 1. The first-order valence-corrected chi connectivity index (χ1v) is 10.5. The summed E-state index contributed by atoms with van der Waals surface area (Å²) in [7, 11) is -3.29. The normalized spacial score (nSPS) is 14.9. The van der Waals surface area contributed by atoms with E-state index in [4.69, 9.17) is 0 Å². The molecule has 2 aromatic rings. The van der Waals surface area contributed by atoms with Crippen LogP contribution in [0.2, 0.25) is 0 Å². The van der Waals surface area contributed by atoms with Crippen molar-refractivity contribution in [3.8, 4) is 0 Å². The number of amides is 2. The summed E-state index contributed by atoms with van der Waals surface area (Å²) in [6.45, 7) is 1.83. The Hall–Kier alpha value is -2.74. The Morgan fingerprint density at radius 2 is 1.59 bits per heavy atom. The SMILES string of the molecule is CS(=O)(=O)c1ccc(C(=O)N2CCN(C(=O)Cc3ccccn3)CC2)cc1. The van der Waals surface area contributed by atoms with E-state index in [0.717, 1.165) is 11.9 Å². The van der Waals surface area contributed by atoms with Crippen molar-refractivity contribution in [2.24, 2.45) is 0 Å². The number of nitrogens with zero attached hydrogens (tertiary/aromatic N) is 3. The number of rotatable bonds is 4. The molecule has 7 nitrogen and oxygen atoms in total. The van der Waals surface area contributed by atoms with E-state index in [9.17, 15) is 18.0 Å². The molecule has 1 saturated heterocycles. The van der Waals surface area contributed by atoms with Crippen molar-refractivity contribution in [2.75, 3.05) is 32.4 Å². The molecular formula is C19H21N3O4S. The monoisotopic (exact) mass is 387 g/mol.